The Bertz CT molecular complexity index is 586. The summed E-state index contributed by atoms with van der Waals surface area (Å²) in [6.45, 7) is 3.56. The van der Waals surface area contributed by atoms with Gasteiger partial charge in [0.2, 0.25) is 0 Å². The second-order valence-electron chi connectivity index (χ2n) is 5.14. The minimum Gasteiger partial charge on any atom is -0.381 e. The van der Waals surface area contributed by atoms with Crippen molar-refractivity contribution in [3.05, 3.63) is 29.8 Å². The van der Waals surface area contributed by atoms with Crippen molar-refractivity contribution in [2.45, 2.75) is 24.3 Å². The highest BCUT2D eigenvalue weighted by molar-refractivity contribution is 7.91. The molecule has 1 aromatic carbocycles. The van der Waals surface area contributed by atoms with Crippen LogP contribution >= 0.6 is 0 Å². The molecule has 0 spiro atoms. The van der Waals surface area contributed by atoms with Crippen LogP contribution in [-0.4, -0.2) is 40.0 Å². The summed E-state index contributed by atoms with van der Waals surface area (Å²) in [7, 11) is -3.91. The lowest BCUT2D eigenvalue weighted by atomic mass is 10.0. The van der Waals surface area contributed by atoms with Gasteiger partial charge in [-0.05, 0) is 31.2 Å². The highest BCUT2D eigenvalue weighted by Crippen LogP contribution is 2.23. The fourth-order valence-electron chi connectivity index (χ4n) is 2.54. The van der Waals surface area contributed by atoms with Gasteiger partial charge in [-0.1, -0.05) is 6.92 Å². The van der Waals surface area contributed by atoms with E-state index in [2.05, 4.69) is 5.32 Å². The third-order valence-electron chi connectivity index (χ3n) is 3.63. The molecule has 1 saturated heterocycles. The third-order valence-corrected chi connectivity index (χ3v) is 5.41. The van der Waals surface area contributed by atoms with Crippen molar-refractivity contribution in [3.63, 3.8) is 0 Å². The summed E-state index contributed by atoms with van der Waals surface area (Å²) in [5, 5.41) is 3.11. The van der Waals surface area contributed by atoms with E-state index in [1.165, 1.54) is 0 Å². The number of rotatable bonds is 6. The molecule has 1 fully saturated rings. The molecule has 1 aliphatic rings. The van der Waals surface area contributed by atoms with Crippen LogP contribution in [0, 0.1) is 17.6 Å². The molecule has 1 heterocycles. The van der Waals surface area contributed by atoms with E-state index in [4.69, 9.17) is 4.74 Å². The standard InChI is InChI=1S/C14H19F2NO3S/c1-2-17-13(10-5-6-20-8-10)9-21(18,19)14-7-11(15)3-4-12(14)16/h3-4,7,10,13,17H,2,5-6,8-9H2,1H3. The highest BCUT2D eigenvalue weighted by Gasteiger charge is 2.31. The maximum absolute atomic E-state index is 13.7. The zero-order valence-corrected chi connectivity index (χ0v) is 12.6. The smallest absolute Gasteiger partial charge is 0.182 e. The fraction of sp³-hybridized carbons (Fsp3) is 0.571. The Morgan fingerprint density at radius 3 is 2.81 bits per heavy atom. The molecule has 1 N–H and O–H groups in total. The Balaban J connectivity index is 2.23. The summed E-state index contributed by atoms with van der Waals surface area (Å²) in [5.41, 5.74) is 0. The van der Waals surface area contributed by atoms with Crippen molar-refractivity contribution in [2.75, 3.05) is 25.5 Å². The highest BCUT2D eigenvalue weighted by atomic mass is 32.2. The summed E-state index contributed by atoms with van der Waals surface area (Å²) in [6.07, 6.45) is 0.763. The Hall–Kier alpha value is -1.05. The molecule has 1 aliphatic heterocycles. The summed E-state index contributed by atoms with van der Waals surface area (Å²) in [4.78, 5) is -0.579. The lowest BCUT2D eigenvalue weighted by Gasteiger charge is -2.23. The molecule has 0 aromatic heterocycles. The number of hydrogen-bond acceptors (Lipinski definition) is 4. The van der Waals surface area contributed by atoms with Crippen LogP contribution < -0.4 is 5.32 Å². The second kappa shape index (κ2) is 6.81. The number of sulfone groups is 1. The normalized spacial score (nSPS) is 20.6. The van der Waals surface area contributed by atoms with Gasteiger partial charge >= 0.3 is 0 Å². The van der Waals surface area contributed by atoms with Crippen LogP contribution in [0.5, 0.6) is 0 Å². The zero-order chi connectivity index (χ0) is 15.5. The van der Waals surface area contributed by atoms with Crippen LogP contribution in [-0.2, 0) is 14.6 Å². The molecule has 2 rings (SSSR count). The van der Waals surface area contributed by atoms with Gasteiger partial charge in [0.1, 0.15) is 16.5 Å². The minimum atomic E-state index is -3.91. The van der Waals surface area contributed by atoms with Crippen molar-refractivity contribution in [3.8, 4) is 0 Å². The van der Waals surface area contributed by atoms with Gasteiger partial charge < -0.3 is 10.1 Å². The maximum atomic E-state index is 13.7. The predicted octanol–water partition coefficient (Wildman–Crippen LogP) is 1.75. The molecule has 0 radical (unpaired) electrons. The number of benzene rings is 1. The van der Waals surface area contributed by atoms with E-state index in [1.54, 1.807) is 0 Å². The minimum absolute atomic E-state index is 0.0661. The van der Waals surface area contributed by atoms with E-state index in [-0.39, 0.29) is 17.7 Å². The van der Waals surface area contributed by atoms with Crippen molar-refractivity contribution in [2.24, 2.45) is 5.92 Å². The van der Waals surface area contributed by atoms with Crippen molar-refractivity contribution in [1.29, 1.82) is 0 Å². The third kappa shape index (κ3) is 3.99. The fourth-order valence-corrected chi connectivity index (χ4v) is 4.24. The summed E-state index contributed by atoms with van der Waals surface area (Å²) in [5.74, 6) is -1.89. The van der Waals surface area contributed by atoms with E-state index >= 15 is 0 Å². The zero-order valence-electron chi connectivity index (χ0n) is 11.8. The van der Waals surface area contributed by atoms with E-state index in [0.717, 1.165) is 24.6 Å². The van der Waals surface area contributed by atoms with Crippen LogP contribution in [0.2, 0.25) is 0 Å². The molecule has 118 valence electrons. The summed E-state index contributed by atoms with van der Waals surface area (Å²) in [6, 6.07) is 2.15. The molecule has 0 amide bonds. The SMILES string of the molecule is CCNC(CS(=O)(=O)c1cc(F)ccc1F)C1CCOC1. The van der Waals surface area contributed by atoms with Gasteiger partial charge in [-0.25, -0.2) is 17.2 Å². The Morgan fingerprint density at radius 1 is 1.43 bits per heavy atom. The molecule has 0 saturated carbocycles. The summed E-state index contributed by atoms with van der Waals surface area (Å²) < 4.78 is 56.9. The van der Waals surface area contributed by atoms with Crippen LogP contribution in [0.4, 0.5) is 8.78 Å². The molecular formula is C14H19F2NO3S. The number of nitrogens with one attached hydrogen (secondary N) is 1. The maximum Gasteiger partial charge on any atom is 0.182 e. The van der Waals surface area contributed by atoms with Gasteiger partial charge in [0.15, 0.2) is 9.84 Å². The first-order valence-corrected chi connectivity index (χ1v) is 8.58. The van der Waals surface area contributed by atoms with Crippen molar-refractivity contribution < 1.29 is 21.9 Å². The van der Waals surface area contributed by atoms with Gasteiger partial charge in [0.25, 0.3) is 0 Å². The molecule has 2 unspecified atom stereocenters. The van der Waals surface area contributed by atoms with E-state index in [9.17, 15) is 17.2 Å². The molecule has 0 bridgehead atoms. The van der Waals surface area contributed by atoms with Gasteiger partial charge in [-0.15, -0.1) is 0 Å². The molecule has 4 nitrogen and oxygen atoms in total. The molecule has 7 heteroatoms. The first kappa shape index (κ1) is 16.3. The van der Waals surface area contributed by atoms with E-state index < -0.39 is 26.4 Å². The van der Waals surface area contributed by atoms with E-state index in [0.29, 0.717) is 19.8 Å². The Kier molecular flexibility index (Phi) is 5.29. The summed E-state index contributed by atoms with van der Waals surface area (Å²) >= 11 is 0. The Labute approximate surface area is 123 Å². The van der Waals surface area contributed by atoms with Crippen LogP contribution in [0.1, 0.15) is 13.3 Å². The van der Waals surface area contributed by atoms with Gasteiger partial charge in [-0.3, -0.25) is 0 Å². The number of halogens is 2. The van der Waals surface area contributed by atoms with Crippen LogP contribution in [0.15, 0.2) is 23.1 Å². The molecule has 1 aromatic rings. The Morgan fingerprint density at radius 2 is 2.19 bits per heavy atom. The molecule has 21 heavy (non-hydrogen) atoms. The van der Waals surface area contributed by atoms with Crippen LogP contribution in [0.25, 0.3) is 0 Å². The topological polar surface area (TPSA) is 55.4 Å². The lowest BCUT2D eigenvalue weighted by Crippen LogP contribution is -2.42. The monoisotopic (exact) mass is 319 g/mol. The van der Waals surface area contributed by atoms with Crippen LogP contribution in [0.3, 0.4) is 0 Å². The van der Waals surface area contributed by atoms with E-state index in [1.807, 2.05) is 6.92 Å². The first-order valence-electron chi connectivity index (χ1n) is 6.93. The second-order valence-corrected chi connectivity index (χ2v) is 7.15. The molecular weight excluding hydrogens is 300 g/mol. The van der Waals surface area contributed by atoms with Crippen molar-refractivity contribution >= 4 is 9.84 Å². The van der Waals surface area contributed by atoms with Crippen molar-refractivity contribution in [1.82, 2.24) is 5.32 Å². The lowest BCUT2D eigenvalue weighted by molar-refractivity contribution is 0.179. The number of ether oxygens (including phenoxy) is 1. The first-order chi connectivity index (χ1) is 9.94. The van der Waals surface area contributed by atoms with Gasteiger partial charge in [0.05, 0.1) is 12.4 Å². The largest absolute Gasteiger partial charge is 0.381 e. The quantitative estimate of drug-likeness (QED) is 0.868. The van der Waals surface area contributed by atoms with Gasteiger partial charge in [-0.2, -0.15) is 0 Å². The molecule has 2 atom stereocenters. The molecule has 0 aliphatic carbocycles. The average molecular weight is 319 g/mol. The average Bonchev–Trinajstić information content (AvgIpc) is 2.95. The van der Waals surface area contributed by atoms with Gasteiger partial charge in [0, 0.05) is 18.6 Å². The predicted molar refractivity (Wildman–Crippen MR) is 74.8 cm³/mol. The number of hydrogen-bond donors (Lipinski definition) is 1.